The number of rotatable bonds is 5. The molecule has 0 spiro atoms. The quantitative estimate of drug-likeness (QED) is 0.769. The molecule has 2 rings (SSSR count). The summed E-state index contributed by atoms with van der Waals surface area (Å²) < 4.78 is 4.86. The normalized spacial score (nSPS) is 14.4. The molecule has 6 heteroatoms. The standard InChI is InChI=1S/C13H16N2O4/c16-7-2-5-14-12(17)10-3-1-4-11(9-10)15-6-8-19-13(15)18/h1,3-4,9,16H,2,5-8H2,(H,14,17). The molecule has 1 aliphatic heterocycles. The van der Waals surface area contributed by atoms with Crippen LogP contribution in [0.1, 0.15) is 16.8 Å². The SMILES string of the molecule is O=C(NCCCO)c1cccc(N2CCOC2=O)c1. The zero-order valence-corrected chi connectivity index (χ0v) is 10.5. The summed E-state index contributed by atoms with van der Waals surface area (Å²) in [5.74, 6) is -0.220. The highest BCUT2D eigenvalue weighted by Crippen LogP contribution is 2.19. The minimum atomic E-state index is -0.391. The molecule has 1 saturated heterocycles. The molecule has 1 aromatic rings. The summed E-state index contributed by atoms with van der Waals surface area (Å²) in [5, 5.41) is 11.4. The van der Waals surface area contributed by atoms with Gasteiger partial charge in [0, 0.05) is 24.4 Å². The summed E-state index contributed by atoms with van der Waals surface area (Å²) in [6, 6.07) is 6.82. The van der Waals surface area contributed by atoms with Crippen molar-refractivity contribution >= 4 is 17.7 Å². The Morgan fingerprint density at radius 3 is 3.00 bits per heavy atom. The van der Waals surface area contributed by atoms with Crippen molar-refractivity contribution in [3.05, 3.63) is 29.8 Å². The van der Waals surface area contributed by atoms with Gasteiger partial charge in [0.1, 0.15) is 6.61 Å². The van der Waals surface area contributed by atoms with Gasteiger partial charge in [0.2, 0.25) is 0 Å². The average molecular weight is 264 g/mol. The Bertz CT molecular complexity index is 475. The number of carbonyl (C=O) groups excluding carboxylic acids is 2. The number of aliphatic hydroxyl groups is 1. The first kappa shape index (κ1) is 13.4. The molecular weight excluding hydrogens is 248 g/mol. The lowest BCUT2D eigenvalue weighted by Gasteiger charge is -2.13. The molecule has 2 N–H and O–H groups in total. The third-order valence-electron chi connectivity index (χ3n) is 2.80. The number of anilines is 1. The molecule has 0 radical (unpaired) electrons. The number of hydrogen-bond donors (Lipinski definition) is 2. The van der Waals surface area contributed by atoms with E-state index in [-0.39, 0.29) is 12.5 Å². The topological polar surface area (TPSA) is 78.9 Å². The minimum Gasteiger partial charge on any atom is -0.447 e. The maximum atomic E-state index is 11.8. The van der Waals surface area contributed by atoms with Gasteiger partial charge < -0.3 is 15.2 Å². The largest absolute Gasteiger partial charge is 0.447 e. The van der Waals surface area contributed by atoms with Crippen LogP contribution in [0.15, 0.2) is 24.3 Å². The van der Waals surface area contributed by atoms with Gasteiger partial charge >= 0.3 is 6.09 Å². The molecule has 0 unspecified atom stereocenters. The highest BCUT2D eigenvalue weighted by molar-refractivity contribution is 5.97. The van der Waals surface area contributed by atoms with E-state index in [1.807, 2.05) is 0 Å². The number of cyclic esters (lactones) is 1. The van der Waals surface area contributed by atoms with Crippen molar-refractivity contribution in [2.24, 2.45) is 0 Å². The van der Waals surface area contributed by atoms with Crippen LogP contribution in [0.3, 0.4) is 0 Å². The predicted molar refractivity (Wildman–Crippen MR) is 69.2 cm³/mol. The van der Waals surface area contributed by atoms with E-state index in [1.165, 1.54) is 4.90 Å². The Morgan fingerprint density at radius 1 is 1.47 bits per heavy atom. The van der Waals surface area contributed by atoms with Crippen molar-refractivity contribution in [1.82, 2.24) is 5.32 Å². The summed E-state index contributed by atoms with van der Waals surface area (Å²) in [6.07, 6.45) is 0.127. The molecule has 0 bridgehead atoms. The first-order valence-corrected chi connectivity index (χ1v) is 6.16. The van der Waals surface area contributed by atoms with Crippen molar-refractivity contribution in [2.45, 2.75) is 6.42 Å². The van der Waals surface area contributed by atoms with Gasteiger partial charge in [-0.3, -0.25) is 9.69 Å². The van der Waals surface area contributed by atoms with Crippen LogP contribution in [-0.2, 0) is 4.74 Å². The van der Waals surface area contributed by atoms with E-state index in [2.05, 4.69) is 5.32 Å². The average Bonchev–Trinajstić information content (AvgIpc) is 2.85. The maximum absolute atomic E-state index is 11.8. The zero-order chi connectivity index (χ0) is 13.7. The molecule has 1 aromatic carbocycles. The van der Waals surface area contributed by atoms with E-state index in [0.29, 0.717) is 37.4 Å². The van der Waals surface area contributed by atoms with Crippen LogP contribution in [0.5, 0.6) is 0 Å². The van der Waals surface area contributed by atoms with Crippen molar-refractivity contribution in [3.63, 3.8) is 0 Å². The van der Waals surface area contributed by atoms with Crippen LogP contribution >= 0.6 is 0 Å². The van der Waals surface area contributed by atoms with Gasteiger partial charge in [-0.15, -0.1) is 0 Å². The molecule has 0 atom stereocenters. The number of ether oxygens (including phenoxy) is 1. The van der Waals surface area contributed by atoms with Gasteiger partial charge in [-0.2, -0.15) is 0 Å². The van der Waals surface area contributed by atoms with E-state index in [1.54, 1.807) is 24.3 Å². The molecule has 0 aliphatic carbocycles. The first-order chi connectivity index (χ1) is 9.22. The van der Waals surface area contributed by atoms with Crippen molar-refractivity contribution in [3.8, 4) is 0 Å². The second-order valence-corrected chi connectivity index (χ2v) is 4.15. The number of nitrogens with one attached hydrogen (secondary N) is 1. The van der Waals surface area contributed by atoms with Crippen LogP contribution in [0.4, 0.5) is 10.5 Å². The first-order valence-electron chi connectivity index (χ1n) is 6.16. The highest BCUT2D eigenvalue weighted by Gasteiger charge is 2.23. The van der Waals surface area contributed by atoms with Crippen LogP contribution in [0, 0.1) is 0 Å². The Hall–Kier alpha value is -2.08. The third kappa shape index (κ3) is 3.23. The third-order valence-corrected chi connectivity index (χ3v) is 2.80. The van der Waals surface area contributed by atoms with Crippen LogP contribution < -0.4 is 10.2 Å². The monoisotopic (exact) mass is 264 g/mol. The fraction of sp³-hybridized carbons (Fsp3) is 0.385. The number of hydrogen-bond acceptors (Lipinski definition) is 4. The van der Waals surface area contributed by atoms with E-state index in [0.717, 1.165) is 0 Å². The summed E-state index contributed by atoms with van der Waals surface area (Å²) in [6.45, 7) is 1.32. The van der Waals surface area contributed by atoms with Crippen LogP contribution in [-0.4, -0.2) is 43.4 Å². The van der Waals surface area contributed by atoms with Gasteiger partial charge in [-0.05, 0) is 24.6 Å². The highest BCUT2D eigenvalue weighted by atomic mass is 16.6. The molecule has 6 nitrogen and oxygen atoms in total. The second kappa shape index (κ2) is 6.19. The molecule has 102 valence electrons. The Labute approximate surface area is 111 Å². The number of aliphatic hydroxyl groups excluding tert-OH is 1. The van der Waals surface area contributed by atoms with Gasteiger partial charge in [0.15, 0.2) is 0 Å². The lowest BCUT2D eigenvalue weighted by molar-refractivity contribution is 0.0951. The van der Waals surface area contributed by atoms with Crippen LogP contribution in [0.25, 0.3) is 0 Å². The zero-order valence-electron chi connectivity index (χ0n) is 10.5. The lowest BCUT2D eigenvalue weighted by atomic mass is 10.1. The maximum Gasteiger partial charge on any atom is 0.414 e. The molecule has 19 heavy (non-hydrogen) atoms. The molecular formula is C13H16N2O4. The van der Waals surface area contributed by atoms with Gasteiger partial charge in [0.05, 0.1) is 6.54 Å². The summed E-state index contributed by atoms with van der Waals surface area (Å²) in [5.41, 5.74) is 1.13. The fourth-order valence-corrected chi connectivity index (χ4v) is 1.83. The van der Waals surface area contributed by atoms with Gasteiger partial charge in [0.25, 0.3) is 5.91 Å². The van der Waals surface area contributed by atoms with E-state index < -0.39 is 6.09 Å². The number of nitrogens with zero attached hydrogens (tertiary/aromatic N) is 1. The van der Waals surface area contributed by atoms with Crippen molar-refractivity contribution in [2.75, 3.05) is 31.2 Å². The van der Waals surface area contributed by atoms with E-state index >= 15 is 0 Å². The summed E-state index contributed by atoms with van der Waals surface area (Å²) >= 11 is 0. The Kier molecular flexibility index (Phi) is 4.35. The second-order valence-electron chi connectivity index (χ2n) is 4.15. The van der Waals surface area contributed by atoms with E-state index in [9.17, 15) is 9.59 Å². The van der Waals surface area contributed by atoms with Gasteiger partial charge in [-0.1, -0.05) is 6.07 Å². The van der Waals surface area contributed by atoms with E-state index in [4.69, 9.17) is 9.84 Å². The Morgan fingerprint density at radius 2 is 2.32 bits per heavy atom. The van der Waals surface area contributed by atoms with Crippen molar-refractivity contribution < 1.29 is 19.4 Å². The summed E-state index contributed by atoms with van der Waals surface area (Å²) in [7, 11) is 0. The predicted octanol–water partition coefficient (Wildman–Crippen LogP) is 0.755. The molecule has 0 aromatic heterocycles. The van der Waals surface area contributed by atoms with Crippen LogP contribution in [0.2, 0.25) is 0 Å². The fourth-order valence-electron chi connectivity index (χ4n) is 1.83. The summed E-state index contributed by atoms with van der Waals surface area (Å²) in [4.78, 5) is 24.8. The van der Waals surface area contributed by atoms with Gasteiger partial charge in [-0.25, -0.2) is 4.79 Å². The molecule has 1 fully saturated rings. The molecule has 1 heterocycles. The molecule has 2 amide bonds. The smallest absolute Gasteiger partial charge is 0.414 e. The molecule has 0 saturated carbocycles. The number of carbonyl (C=O) groups is 2. The molecule has 1 aliphatic rings. The number of benzene rings is 1. The minimum absolute atomic E-state index is 0.0416. The number of amides is 2. The van der Waals surface area contributed by atoms with Crippen molar-refractivity contribution in [1.29, 1.82) is 0 Å². The Balaban J connectivity index is 2.06. The lowest BCUT2D eigenvalue weighted by Crippen LogP contribution is -2.26.